The molecule has 0 bridgehead atoms. The predicted octanol–water partition coefficient (Wildman–Crippen LogP) is 3.94. The van der Waals surface area contributed by atoms with E-state index in [9.17, 15) is 8.42 Å². The maximum absolute atomic E-state index is 11.8. The van der Waals surface area contributed by atoms with Crippen molar-refractivity contribution in [3.63, 3.8) is 0 Å². The van der Waals surface area contributed by atoms with Gasteiger partial charge in [0.25, 0.3) is 0 Å². The molecule has 6 nitrogen and oxygen atoms in total. The highest BCUT2D eigenvalue weighted by Gasteiger charge is 2.20. The third-order valence-electron chi connectivity index (χ3n) is 5.29. The van der Waals surface area contributed by atoms with E-state index in [4.69, 9.17) is 9.47 Å². The molecule has 152 valence electrons. The number of methoxy groups -OCH3 is 1. The predicted molar refractivity (Wildman–Crippen MR) is 114 cm³/mol. The molecule has 1 aromatic carbocycles. The molecule has 7 heteroatoms. The Morgan fingerprint density at radius 3 is 2.59 bits per heavy atom. The van der Waals surface area contributed by atoms with Crippen LogP contribution in [0.4, 0.5) is 0 Å². The smallest absolute Gasteiger partial charge is 0.175 e. The molecule has 1 saturated heterocycles. The van der Waals surface area contributed by atoms with E-state index in [0.29, 0.717) is 16.6 Å². The van der Waals surface area contributed by atoms with Crippen molar-refractivity contribution in [2.45, 2.75) is 17.7 Å². The zero-order chi connectivity index (χ0) is 20.4. The van der Waals surface area contributed by atoms with E-state index in [1.54, 1.807) is 25.4 Å². The van der Waals surface area contributed by atoms with Crippen LogP contribution in [-0.4, -0.2) is 45.0 Å². The molecule has 1 fully saturated rings. The van der Waals surface area contributed by atoms with Gasteiger partial charge in [0.05, 0.1) is 18.2 Å². The average molecular weight is 413 g/mol. The van der Waals surface area contributed by atoms with Crippen molar-refractivity contribution < 1.29 is 17.9 Å². The number of allylic oxidation sites excluding steroid dienone is 1. The molecule has 3 aromatic rings. The number of ether oxygens (including phenoxy) is 2. The van der Waals surface area contributed by atoms with Gasteiger partial charge in [0.15, 0.2) is 9.84 Å². The fourth-order valence-electron chi connectivity index (χ4n) is 3.71. The van der Waals surface area contributed by atoms with Crippen LogP contribution in [0.3, 0.4) is 0 Å². The van der Waals surface area contributed by atoms with Crippen molar-refractivity contribution in [2.24, 2.45) is 5.92 Å². The molecule has 0 spiro atoms. The van der Waals surface area contributed by atoms with Crippen LogP contribution in [0.15, 0.2) is 47.5 Å². The van der Waals surface area contributed by atoms with Crippen molar-refractivity contribution in [1.82, 2.24) is 9.97 Å². The van der Waals surface area contributed by atoms with E-state index in [2.05, 4.69) is 22.1 Å². The van der Waals surface area contributed by atoms with Gasteiger partial charge in [0, 0.05) is 30.5 Å². The first kappa shape index (κ1) is 19.7. The third kappa shape index (κ3) is 4.36. The minimum atomic E-state index is -3.22. The first-order valence-electron chi connectivity index (χ1n) is 9.56. The SMILES string of the molecule is COc1cnc2[nH]c(C=C(c3ccc(S(C)(=O)=O)cc3)C3CCOCC3)cc2c1. The lowest BCUT2D eigenvalue weighted by Crippen LogP contribution is -2.17. The van der Waals surface area contributed by atoms with Crippen molar-refractivity contribution in [3.8, 4) is 5.75 Å². The van der Waals surface area contributed by atoms with Crippen LogP contribution in [0.5, 0.6) is 5.75 Å². The molecule has 0 radical (unpaired) electrons. The van der Waals surface area contributed by atoms with E-state index in [0.717, 1.165) is 48.3 Å². The van der Waals surface area contributed by atoms with Gasteiger partial charge >= 0.3 is 0 Å². The summed E-state index contributed by atoms with van der Waals surface area (Å²) in [5.74, 6) is 1.06. The molecule has 0 unspecified atom stereocenters. The number of hydrogen-bond acceptors (Lipinski definition) is 5. The Hall–Kier alpha value is -2.64. The normalized spacial score (nSPS) is 16.3. The van der Waals surface area contributed by atoms with Crippen LogP contribution >= 0.6 is 0 Å². The molecular weight excluding hydrogens is 388 g/mol. The van der Waals surface area contributed by atoms with Crippen LogP contribution < -0.4 is 4.74 Å². The molecule has 3 heterocycles. The Morgan fingerprint density at radius 2 is 1.93 bits per heavy atom. The van der Waals surface area contributed by atoms with E-state index < -0.39 is 9.84 Å². The van der Waals surface area contributed by atoms with Gasteiger partial charge in [0.1, 0.15) is 11.4 Å². The second-order valence-electron chi connectivity index (χ2n) is 7.32. The number of rotatable bonds is 5. The van der Waals surface area contributed by atoms with E-state index in [-0.39, 0.29) is 0 Å². The quantitative estimate of drug-likeness (QED) is 0.686. The Balaban J connectivity index is 1.76. The number of H-pyrrole nitrogens is 1. The molecule has 0 atom stereocenters. The lowest BCUT2D eigenvalue weighted by Gasteiger charge is -2.25. The second kappa shape index (κ2) is 8.00. The highest BCUT2D eigenvalue weighted by atomic mass is 32.2. The zero-order valence-corrected chi connectivity index (χ0v) is 17.3. The highest BCUT2D eigenvalue weighted by molar-refractivity contribution is 7.90. The van der Waals surface area contributed by atoms with Crippen LogP contribution in [0.2, 0.25) is 0 Å². The number of nitrogens with one attached hydrogen (secondary N) is 1. The molecule has 0 saturated carbocycles. The molecular formula is C22H24N2O4S. The summed E-state index contributed by atoms with van der Waals surface area (Å²) in [4.78, 5) is 8.09. The summed E-state index contributed by atoms with van der Waals surface area (Å²) in [5.41, 5.74) is 3.95. The van der Waals surface area contributed by atoms with E-state index in [1.165, 1.54) is 11.8 Å². The van der Waals surface area contributed by atoms with E-state index in [1.807, 2.05) is 18.2 Å². The summed E-state index contributed by atoms with van der Waals surface area (Å²) in [5, 5.41) is 0.981. The summed E-state index contributed by atoms with van der Waals surface area (Å²) in [6.07, 6.45) is 6.93. The minimum absolute atomic E-state index is 0.328. The van der Waals surface area contributed by atoms with Crippen molar-refractivity contribution in [2.75, 3.05) is 26.6 Å². The largest absolute Gasteiger partial charge is 0.495 e. The minimum Gasteiger partial charge on any atom is -0.495 e. The fraction of sp³-hybridized carbons (Fsp3) is 0.318. The van der Waals surface area contributed by atoms with Gasteiger partial charge in [-0.1, -0.05) is 12.1 Å². The number of benzene rings is 1. The summed E-state index contributed by atoms with van der Waals surface area (Å²) in [6, 6.07) is 11.1. The topological polar surface area (TPSA) is 81.3 Å². The fourth-order valence-corrected chi connectivity index (χ4v) is 4.34. The maximum Gasteiger partial charge on any atom is 0.175 e. The van der Waals surface area contributed by atoms with Gasteiger partial charge in [-0.05, 0) is 60.2 Å². The standard InChI is InChI=1S/C22H24N2O4S/c1-27-19-12-17-11-18(24-22(17)23-14-19)13-21(16-7-9-28-10-8-16)15-3-5-20(6-4-15)29(2,25)26/h3-6,11-14,16H,7-10H2,1-2H3,(H,23,24). The van der Waals surface area contributed by atoms with Gasteiger partial charge in [-0.2, -0.15) is 0 Å². The summed E-state index contributed by atoms with van der Waals surface area (Å²) < 4.78 is 34.4. The van der Waals surface area contributed by atoms with Crippen LogP contribution in [0, 0.1) is 5.92 Å². The Morgan fingerprint density at radius 1 is 1.21 bits per heavy atom. The zero-order valence-electron chi connectivity index (χ0n) is 16.5. The van der Waals surface area contributed by atoms with Crippen LogP contribution in [0.1, 0.15) is 24.1 Å². The number of hydrogen-bond donors (Lipinski definition) is 1. The van der Waals surface area contributed by atoms with Gasteiger partial charge < -0.3 is 14.5 Å². The van der Waals surface area contributed by atoms with Gasteiger partial charge in [-0.15, -0.1) is 0 Å². The lowest BCUT2D eigenvalue weighted by atomic mass is 9.86. The van der Waals surface area contributed by atoms with E-state index >= 15 is 0 Å². The van der Waals surface area contributed by atoms with Gasteiger partial charge in [-0.3, -0.25) is 0 Å². The first-order valence-corrected chi connectivity index (χ1v) is 11.5. The second-order valence-corrected chi connectivity index (χ2v) is 9.34. The summed E-state index contributed by atoms with van der Waals surface area (Å²) in [7, 11) is -1.59. The number of sulfone groups is 1. The lowest BCUT2D eigenvalue weighted by molar-refractivity contribution is 0.0809. The third-order valence-corrected chi connectivity index (χ3v) is 6.42. The first-order chi connectivity index (χ1) is 13.9. The number of nitrogens with zero attached hydrogens (tertiary/aromatic N) is 1. The monoisotopic (exact) mass is 412 g/mol. The average Bonchev–Trinajstić information content (AvgIpc) is 3.14. The molecule has 0 amide bonds. The number of fused-ring (bicyclic) bond motifs is 1. The van der Waals surface area contributed by atoms with Crippen LogP contribution in [-0.2, 0) is 14.6 Å². The number of pyridine rings is 1. The van der Waals surface area contributed by atoms with Gasteiger partial charge in [-0.25, -0.2) is 13.4 Å². The molecule has 0 aliphatic carbocycles. The Kier molecular flexibility index (Phi) is 5.43. The number of aromatic nitrogens is 2. The molecule has 1 N–H and O–H groups in total. The number of aromatic amines is 1. The van der Waals surface area contributed by atoms with Gasteiger partial charge in [0.2, 0.25) is 0 Å². The molecule has 4 rings (SSSR count). The van der Waals surface area contributed by atoms with Crippen molar-refractivity contribution in [1.29, 1.82) is 0 Å². The van der Waals surface area contributed by atoms with Crippen molar-refractivity contribution >= 4 is 32.5 Å². The molecule has 2 aromatic heterocycles. The highest BCUT2D eigenvalue weighted by Crippen LogP contribution is 2.34. The Labute approximate surface area is 170 Å². The maximum atomic E-state index is 11.8. The van der Waals surface area contributed by atoms with Crippen molar-refractivity contribution in [3.05, 3.63) is 53.9 Å². The summed E-state index contributed by atoms with van der Waals surface area (Å²) in [6.45, 7) is 1.46. The summed E-state index contributed by atoms with van der Waals surface area (Å²) >= 11 is 0. The molecule has 29 heavy (non-hydrogen) atoms. The Bertz CT molecular complexity index is 1140. The molecule has 1 aliphatic rings. The van der Waals surface area contributed by atoms with Crippen LogP contribution in [0.25, 0.3) is 22.7 Å². The molecule has 1 aliphatic heterocycles.